The third kappa shape index (κ3) is 3.27. The Labute approximate surface area is 136 Å². The first kappa shape index (κ1) is 14.6. The summed E-state index contributed by atoms with van der Waals surface area (Å²) in [4.78, 5) is 16.3. The van der Waals surface area contributed by atoms with Gasteiger partial charge in [0.15, 0.2) is 5.13 Å². The predicted octanol–water partition coefficient (Wildman–Crippen LogP) is 4.30. The Hall–Kier alpha value is -2.37. The lowest BCUT2D eigenvalue weighted by Crippen LogP contribution is -2.11. The van der Waals surface area contributed by atoms with Gasteiger partial charge in [0, 0.05) is 27.2 Å². The van der Waals surface area contributed by atoms with Crippen molar-refractivity contribution in [1.29, 1.82) is 0 Å². The normalized spacial score (nSPS) is 10.4. The molecule has 0 aliphatic carbocycles. The molecule has 0 atom stereocenters. The Morgan fingerprint density at radius 2 is 1.77 bits per heavy atom. The lowest BCUT2D eigenvalue weighted by atomic mass is 10.1. The highest BCUT2D eigenvalue weighted by atomic mass is 35.5. The van der Waals surface area contributed by atoms with Crippen LogP contribution in [0.25, 0.3) is 11.3 Å². The van der Waals surface area contributed by atoms with Gasteiger partial charge in [-0.15, -0.1) is 11.3 Å². The highest BCUT2D eigenvalue weighted by Crippen LogP contribution is 2.24. The van der Waals surface area contributed by atoms with E-state index < -0.39 is 0 Å². The van der Waals surface area contributed by atoms with E-state index in [0.29, 0.717) is 21.4 Å². The fourth-order valence-corrected chi connectivity index (χ4v) is 2.65. The molecule has 0 spiro atoms. The standard InChI is InChI=1S/C16H12ClN3OS/c17-12-5-1-11(2-6-12)15(21)19-13-7-3-10(4-8-13)14-9-22-16(18)20-14/h1-9H,(H2,18,20)(H,19,21). The van der Waals surface area contributed by atoms with Crippen LogP contribution in [0.2, 0.25) is 5.02 Å². The maximum absolute atomic E-state index is 12.1. The van der Waals surface area contributed by atoms with Gasteiger partial charge in [-0.25, -0.2) is 4.98 Å². The van der Waals surface area contributed by atoms with Crippen LogP contribution in [0.5, 0.6) is 0 Å². The highest BCUT2D eigenvalue weighted by molar-refractivity contribution is 7.13. The maximum atomic E-state index is 12.1. The second kappa shape index (κ2) is 6.17. The molecule has 4 nitrogen and oxygen atoms in total. The number of thiazole rings is 1. The van der Waals surface area contributed by atoms with Crippen molar-refractivity contribution in [3.63, 3.8) is 0 Å². The van der Waals surface area contributed by atoms with Crippen LogP contribution >= 0.6 is 22.9 Å². The average Bonchev–Trinajstić information content (AvgIpc) is 2.95. The molecule has 0 fully saturated rings. The molecule has 1 aromatic heterocycles. The quantitative estimate of drug-likeness (QED) is 0.752. The zero-order valence-electron chi connectivity index (χ0n) is 11.4. The summed E-state index contributed by atoms with van der Waals surface area (Å²) in [5.74, 6) is -0.178. The molecule has 1 amide bonds. The number of benzene rings is 2. The van der Waals surface area contributed by atoms with Crippen molar-refractivity contribution >= 4 is 39.7 Å². The van der Waals surface area contributed by atoms with Gasteiger partial charge in [0.25, 0.3) is 5.91 Å². The minimum atomic E-state index is -0.178. The Balaban J connectivity index is 1.73. The molecule has 110 valence electrons. The molecule has 0 aliphatic heterocycles. The number of halogens is 1. The number of carbonyl (C=O) groups is 1. The Morgan fingerprint density at radius 3 is 2.36 bits per heavy atom. The second-order valence-electron chi connectivity index (χ2n) is 4.61. The van der Waals surface area contributed by atoms with Crippen molar-refractivity contribution in [2.75, 3.05) is 11.1 Å². The minimum absolute atomic E-state index is 0.178. The molecule has 0 saturated heterocycles. The fraction of sp³-hybridized carbons (Fsp3) is 0. The summed E-state index contributed by atoms with van der Waals surface area (Å²) in [7, 11) is 0. The SMILES string of the molecule is Nc1nc(-c2ccc(NC(=O)c3ccc(Cl)cc3)cc2)cs1. The monoisotopic (exact) mass is 329 g/mol. The van der Waals surface area contributed by atoms with E-state index in [9.17, 15) is 4.79 Å². The number of hydrogen-bond acceptors (Lipinski definition) is 4. The van der Waals surface area contributed by atoms with Gasteiger partial charge in [-0.05, 0) is 36.4 Å². The number of anilines is 2. The Morgan fingerprint density at radius 1 is 1.09 bits per heavy atom. The van der Waals surface area contributed by atoms with Gasteiger partial charge in [0.2, 0.25) is 0 Å². The van der Waals surface area contributed by atoms with Crippen molar-refractivity contribution < 1.29 is 4.79 Å². The van der Waals surface area contributed by atoms with Crippen LogP contribution in [0, 0.1) is 0 Å². The third-order valence-electron chi connectivity index (χ3n) is 3.07. The molecular formula is C16H12ClN3OS. The molecule has 22 heavy (non-hydrogen) atoms. The number of nitrogens with zero attached hydrogens (tertiary/aromatic N) is 1. The molecule has 0 unspecified atom stereocenters. The van der Waals surface area contributed by atoms with Crippen LogP contribution in [0.15, 0.2) is 53.9 Å². The van der Waals surface area contributed by atoms with Gasteiger partial charge >= 0.3 is 0 Å². The molecule has 0 aliphatic rings. The zero-order chi connectivity index (χ0) is 15.5. The largest absolute Gasteiger partial charge is 0.375 e. The minimum Gasteiger partial charge on any atom is -0.375 e. The highest BCUT2D eigenvalue weighted by Gasteiger charge is 2.07. The third-order valence-corrected chi connectivity index (χ3v) is 3.99. The first-order valence-electron chi connectivity index (χ1n) is 6.50. The summed E-state index contributed by atoms with van der Waals surface area (Å²) in [5, 5.41) is 5.87. The average molecular weight is 330 g/mol. The van der Waals surface area contributed by atoms with Gasteiger partial charge in [-0.1, -0.05) is 23.7 Å². The maximum Gasteiger partial charge on any atom is 0.255 e. The van der Waals surface area contributed by atoms with Crippen molar-refractivity contribution in [3.8, 4) is 11.3 Å². The summed E-state index contributed by atoms with van der Waals surface area (Å²) in [5.41, 5.74) is 8.69. The summed E-state index contributed by atoms with van der Waals surface area (Å²) >= 11 is 7.21. The van der Waals surface area contributed by atoms with E-state index in [1.165, 1.54) is 11.3 Å². The molecule has 6 heteroatoms. The summed E-state index contributed by atoms with van der Waals surface area (Å²) in [6.45, 7) is 0. The van der Waals surface area contributed by atoms with Crippen LogP contribution in [-0.4, -0.2) is 10.9 Å². The molecule has 0 bridgehead atoms. The van der Waals surface area contributed by atoms with E-state index in [1.807, 2.05) is 29.6 Å². The number of hydrogen-bond donors (Lipinski definition) is 2. The molecule has 2 aromatic carbocycles. The topological polar surface area (TPSA) is 68.0 Å². The number of amides is 1. The van der Waals surface area contributed by atoms with Gasteiger partial charge in [0.1, 0.15) is 0 Å². The Kier molecular flexibility index (Phi) is 4.09. The molecule has 3 rings (SSSR count). The fourth-order valence-electron chi connectivity index (χ4n) is 1.95. The van der Waals surface area contributed by atoms with Crippen molar-refractivity contribution in [1.82, 2.24) is 4.98 Å². The lowest BCUT2D eigenvalue weighted by molar-refractivity contribution is 0.102. The molecular weight excluding hydrogens is 318 g/mol. The van der Waals surface area contributed by atoms with Crippen LogP contribution < -0.4 is 11.1 Å². The van der Waals surface area contributed by atoms with Gasteiger partial charge in [-0.3, -0.25) is 4.79 Å². The molecule has 3 aromatic rings. The van der Waals surface area contributed by atoms with Crippen molar-refractivity contribution in [2.24, 2.45) is 0 Å². The first-order chi connectivity index (χ1) is 10.6. The predicted molar refractivity (Wildman–Crippen MR) is 91.4 cm³/mol. The van der Waals surface area contributed by atoms with Gasteiger partial charge in [-0.2, -0.15) is 0 Å². The smallest absolute Gasteiger partial charge is 0.255 e. The number of carbonyl (C=O) groups excluding carboxylic acids is 1. The number of aromatic nitrogens is 1. The van der Waals surface area contributed by atoms with E-state index in [-0.39, 0.29) is 5.91 Å². The molecule has 3 N–H and O–H groups in total. The van der Waals surface area contributed by atoms with Crippen LogP contribution in [0.4, 0.5) is 10.8 Å². The van der Waals surface area contributed by atoms with Crippen LogP contribution in [0.1, 0.15) is 10.4 Å². The van der Waals surface area contributed by atoms with E-state index in [2.05, 4.69) is 10.3 Å². The van der Waals surface area contributed by atoms with E-state index in [4.69, 9.17) is 17.3 Å². The lowest BCUT2D eigenvalue weighted by Gasteiger charge is -2.06. The zero-order valence-corrected chi connectivity index (χ0v) is 13.0. The van der Waals surface area contributed by atoms with Crippen LogP contribution in [0.3, 0.4) is 0 Å². The van der Waals surface area contributed by atoms with E-state index >= 15 is 0 Å². The van der Waals surface area contributed by atoms with Crippen molar-refractivity contribution in [3.05, 3.63) is 64.5 Å². The molecule has 0 radical (unpaired) electrons. The Bertz CT molecular complexity index is 797. The second-order valence-corrected chi connectivity index (χ2v) is 5.94. The van der Waals surface area contributed by atoms with Gasteiger partial charge < -0.3 is 11.1 Å². The number of nitrogen functional groups attached to an aromatic ring is 1. The van der Waals surface area contributed by atoms with E-state index in [0.717, 1.165) is 11.3 Å². The number of nitrogens with one attached hydrogen (secondary N) is 1. The van der Waals surface area contributed by atoms with Gasteiger partial charge in [0.05, 0.1) is 5.69 Å². The van der Waals surface area contributed by atoms with Crippen LogP contribution in [-0.2, 0) is 0 Å². The van der Waals surface area contributed by atoms with Crippen molar-refractivity contribution in [2.45, 2.75) is 0 Å². The summed E-state index contributed by atoms with van der Waals surface area (Å²) in [6, 6.07) is 14.2. The number of rotatable bonds is 3. The molecule has 0 saturated carbocycles. The van der Waals surface area contributed by atoms with E-state index in [1.54, 1.807) is 24.3 Å². The number of nitrogens with two attached hydrogens (primary N) is 1. The summed E-state index contributed by atoms with van der Waals surface area (Å²) < 4.78 is 0. The molecule has 1 heterocycles. The first-order valence-corrected chi connectivity index (χ1v) is 7.76. The summed E-state index contributed by atoms with van der Waals surface area (Å²) in [6.07, 6.45) is 0.